The van der Waals surface area contributed by atoms with Crippen molar-refractivity contribution in [3.8, 4) is 0 Å². The Bertz CT molecular complexity index is 769. The van der Waals surface area contributed by atoms with Gasteiger partial charge in [0.1, 0.15) is 5.82 Å². The molecule has 1 N–H and O–H groups in total. The van der Waals surface area contributed by atoms with Crippen LogP contribution in [0.25, 0.3) is 5.70 Å². The second-order valence-electron chi connectivity index (χ2n) is 4.87. The number of esters is 1. The molecule has 4 nitrogen and oxygen atoms in total. The van der Waals surface area contributed by atoms with Gasteiger partial charge in [0.15, 0.2) is 0 Å². The molecular formula is C16H10FNO3. The Morgan fingerprint density at radius 3 is 2.62 bits per heavy atom. The number of hydrogen-bond acceptors (Lipinski definition) is 4. The van der Waals surface area contributed by atoms with Crippen LogP contribution < -0.4 is 5.48 Å². The molecule has 0 saturated carbocycles. The van der Waals surface area contributed by atoms with Gasteiger partial charge in [-0.1, -0.05) is 18.2 Å². The third kappa shape index (κ3) is 1.75. The maximum absolute atomic E-state index is 13.0. The fraction of sp³-hybridized carbons (Fsp3) is 0.0625. The first kappa shape index (κ1) is 12.1. The monoisotopic (exact) mass is 283 g/mol. The van der Waals surface area contributed by atoms with Crippen LogP contribution in [0.15, 0.2) is 54.6 Å². The van der Waals surface area contributed by atoms with Crippen molar-refractivity contribution in [3.63, 3.8) is 0 Å². The summed E-state index contributed by atoms with van der Waals surface area (Å²) in [7, 11) is 0. The normalized spacial score (nSPS) is 22.7. The van der Waals surface area contributed by atoms with Crippen LogP contribution in [0.1, 0.15) is 21.5 Å². The highest BCUT2D eigenvalue weighted by molar-refractivity contribution is 5.95. The van der Waals surface area contributed by atoms with Crippen molar-refractivity contribution in [2.45, 2.75) is 5.79 Å². The molecule has 0 saturated heterocycles. The first-order valence-electron chi connectivity index (χ1n) is 6.44. The van der Waals surface area contributed by atoms with E-state index in [2.05, 4.69) is 5.48 Å². The molecule has 104 valence electrons. The highest BCUT2D eigenvalue weighted by Crippen LogP contribution is 2.42. The molecule has 1 spiro atoms. The standard InChI is InChI=1S/C16H10FNO3/c17-11-7-5-10(6-8-11)14-9-16(21-18-14)13-4-2-1-3-12(13)15(19)20-16/h1-9,18H. The van der Waals surface area contributed by atoms with Crippen molar-refractivity contribution in [3.05, 3.63) is 77.1 Å². The molecule has 0 aliphatic carbocycles. The van der Waals surface area contributed by atoms with Gasteiger partial charge in [0, 0.05) is 17.2 Å². The zero-order chi connectivity index (χ0) is 14.4. The molecular weight excluding hydrogens is 273 g/mol. The van der Waals surface area contributed by atoms with Crippen molar-refractivity contribution < 1.29 is 18.8 Å². The minimum Gasteiger partial charge on any atom is -0.419 e. The van der Waals surface area contributed by atoms with Gasteiger partial charge in [-0.25, -0.2) is 14.0 Å². The van der Waals surface area contributed by atoms with E-state index < -0.39 is 11.8 Å². The maximum atomic E-state index is 13.0. The van der Waals surface area contributed by atoms with Crippen molar-refractivity contribution in [2.24, 2.45) is 0 Å². The van der Waals surface area contributed by atoms with E-state index >= 15 is 0 Å². The number of carbonyl (C=O) groups is 1. The van der Waals surface area contributed by atoms with Crippen LogP contribution in [-0.4, -0.2) is 5.97 Å². The van der Waals surface area contributed by atoms with Gasteiger partial charge >= 0.3 is 5.97 Å². The summed E-state index contributed by atoms with van der Waals surface area (Å²) in [6.45, 7) is 0. The van der Waals surface area contributed by atoms with Crippen LogP contribution in [0, 0.1) is 5.82 Å². The molecule has 2 aliphatic rings. The first-order valence-corrected chi connectivity index (χ1v) is 6.44. The average Bonchev–Trinajstić information content (AvgIpc) is 3.04. The molecule has 0 bridgehead atoms. The minimum atomic E-state index is -1.25. The molecule has 0 fully saturated rings. The van der Waals surface area contributed by atoms with Crippen molar-refractivity contribution >= 4 is 11.7 Å². The third-order valence-electron chi connectivity index (χ3n) is 3.57. The fourth-order valence-electron chi connectivity index (χ4n) is 2.55. The topological polar surface area (TPSA) is 47.6 Å². The Morgan fingerprint density at radius 2 is 1.81 bits per heavy atom. The number of halogens is 1. The Morgan fingerprint density at radius 1 is 1.05 bits per heavy atom. The number of nitrogens with one attached hydrogen (secondary N) is 1. The van der Waals surface area contributed by atoms with E-state index in [0.717, 1.165) is 5.56 Å². The van der Waals surface area contributed by atoms with E-state index in [0.29, 0.717) is 16.8 Å². The zero-order valence-corrected chi connectivity index (χ0v) is 10.8. The fourth-order valence-corrected chi connectivity index (χ4v) is 2.55. The largest absolute Gasteiger partial charge is 0.419 e. The van der Waals surface area contributed by atoms with Crippen molar-refractivity contribution in [1.29, 1.82) is 0 Å². The van der Waals surface area contributed by atoms with Crippen molar-refractivity contribution in [2.75, 3.05) is 0 Å². The highest BCUT2D eigenvalue weighted by Gasteiger charge is 2.49. The van der Waals surface area contributed by atoms with E-state index in [9.17, 15) is 9.18 Å². The number of carbonyl (C=O) groups excluding carboxylic acids is 1. The molecule has 2 aliphatic heterocycles. The molecule has 0 radical (unpaired) electrons. The number of hydroxylamine groups is 1. The van der Waals surface area contributed by atoms with E-state index in [1.165, 1.54) is 12.1 Å². The number of hydrogen-bond donors (Lipinski definition) is 1. The highest BCUT2D eigenvalue weighted by atomic mass is 19.1. The molecule has 2 aromatic rings. The lowest BCUT2D eigenvalue weighted by atomic mass is 10.0. The molecule has 0 amide bonds. The van der Waals surface area contributed by atoms with Crippen LogP contribution in [0.3, 0.4) is 0 Å². The number of fused-ring (bicyclic) bond motifs is 2. The van der Waals surface area contributed by atoms with Crippen LogP contribution in [0.4, 0.5) is 4.39 Å². The Kier molecular flexibility index (Phi) is 2.40. The summed E-state index contributed by atoms with van der Waals surface area (Å²) in [5.41, 5.74) is 5.25. The van der Waals surface area contributed by atoms with E-state index in [1.807, 2.05) is 6.07 Å². The van der Waals surface area contributed by atoms with Gasteiger partial charge in [-0.15, -0.1) is 0 Å². The summed E-state index contributed by atoms with van der Waals surface area (Å²) in [5.74, 6) is -1.99. The van der Waals surface area contributed by atoms with Gasteiger partial charge in [0.2, 0.25) is 0 Å². The lowest BCUT2D eigenvalue weighted by Crippen LogP contribution is -2.26. The van der Waals surface area contributed by atoms with Gasteiger partial charge in [0.05, 0.1) is 11.3 Å². The molecule has 4 rings (SSSR count). The van der Waals surface area contributed by atoms with Gasteiger partial charge < -0.3 is 4.74 Å². The second kappa shape index (κ2) is 4.17. The lowest BCUT2D eigenvalue weighted by Gasteiger charge is -2.18. The van der Waals surface area contributed by atoms with Gasteiger partial charge in [-0.2, -0.15) is 0 Å². The smallest absolute Gasteiger partial charge is 0.341 e. The number of rotatable bonds is 1. The predicted octanol–water partition coefficient (Wildman–Crippen LogP) is 2.72. The minimum absolute atomic E-state index is 0.314. The Balaban J connectivity index is 1.79. The Labute approximate surface area is 119 Å². The molecule has 21 heavy (non-hydrogen) atoms. The summed E-state index contributed by atoms with van der Waals surface area (Å²) < 4.78 is 18.4. The second-order valence-corrected chi connectivity index (χ2v) is 4.87. The summed E-state index contributed by atoms with van der Waals surface area (Å²) in [4.78, 5) is 17.4. The van der Waals surface area contributed by atoms with Gasteiger partial charge in [0.25, 0.3) is 5.79 Å². The summed E-state index contributed by atoms with van der Waals surface area (Å²) in [6, 6.07) is 13.0. The molecule has 2 aromatic carbocycles. The van der Waals surface area contributed by atoms with E-state index in [1.54, 1.807) is 36.4 Å². The first-order chi connectivity index (χ1) is 10.2. The molecule has 5 heteroatoms. The van der Waals surface area contributed by atoms with Crippen LogP contribution in [-0.2, 0) is 15.4 Å². The van der Waals surface area contributed by atoms with Crippen LogP contribution in [0.2, 0.25) is 0 Å². The number of ether oxygens (including phenoxy) is 1. The van der Waals surface area contributed by atoms with Gasteiger partial charge in [-0.05, 0) is 30.3 Å². The summed E-state index contributed by atoms with van der Waals surface area (Å²) >= 11 is 0. The summed E-state index contributed by atoms with van der Waals surface area (Å²) in [5, 5.41) is 0. The summed E-state index contributed by atoms with van der Waals surface area (Å²) in [6.07, 6.45) is 1.68. The van der Waals surface area contributed by atoms with Gasteiger partial charge in [-0.3, -0.25) is 5.48 Å². The predicted molar refractivity (Wildman–Crippen MR) is 72.1 cm³/mol. The SMILES string of the molecule is O=C1OC2(C=C(c3ccc(F)cc3)NO2)c2ccccc21. The number of benzene rings is 2. The third-order valence-corrected chi connectivity index (χ3v) is 3.57. The van der Waals surface area contributed by atoms with E-state index in [4.69, 9.17) is 9.57 Å². The molecule has 1 unspecified atom stereocenters. The van der Waals surface area contributed by atoms with E-state index in [-0.39, 0.29) is 5.82 Å². The molecule has 0 aromatic heterocycles. The average molecular weight is 283 g/mol. The van der Waals surface area contributed by atoms with Crippen LogP contribution >= 0.6 is 0 Å². The Hall–Kier alpha value is -2.66. The van der Waals surface area contributed by atoms with Crippen molar-refractivity contribution in [1.82, 2.24) is 5.48 Å². The molecule has 2 heterocycles. The maximum Gasteiger partial charge on any atom is 0.341 e. The van der Waals surface area contributed by atoms with Crippen LogP contribution in [0.5, 0.6) is 0 Å². The quantitative estimate of drug-likeness (QED) is 0.817. The molecule has 1 atom stereocenters. The zero-order valence-electron chi connectivity index (χ0n) is 10.8. The lowest BCUT2D eigenvalue weighted by molar-refractivity contribution is -0.181.